The number of H-pyrrole nitrogens is 4. The van der Waals surface area contributed by atoms with E-state index in [0.29, 0.717) is 105 Å². The molecule has 112 heavy (non-hydrogen) atoms. The van der Waals surface area contributed by atoms with E-state index in [0.717, 1.165) is 125 Å². The SMILES string of the molecule is CCCNC(=O)[C@@]1(C)CCCN1c1ccnc(-c2c[nH]c3ncc(Cl)cc23)n1.CCNC(=O)[C@@]1(C)CCCN1c1ccnc(-c2c[nH]c3ncc(Cl)cc23)n1.C[C@]1(C(=O)NCC(F)F)CCCN1c1ccnc(-c2c[nH]c3ncc(Cl)cc23)n1.C[C@]1(C(=O)NCCF)CCCN1c1ccnc(-c2c[nH]c3ncc(Cl)cc23)n1. The molecule has 4 aliphatic rings. The molecule has 16 rings (SSSR count). The van der Waals surface area contributed by atoms with Crippen molar-refractivity contribution in [1.29, 1.82) is 0 Å². The zero-order chi connectivity index (χ0) is 79.1. The van der Waals surface area contributed by atoms with Crippen molar-refractivity contribution in [1.82, 2.24) is 101 Å². The van der Waals surface area contributed by atoms with Gasteiger partial charge in [-0.2, -0.15) is 0 Å². The van der Waals surface area contributed by atoms with E-state index in [4.69, 9.17) is 61.4 Å². The lowest BCUT2D eigenvalue weighted by atomic mass is 9.97. The predicted molar refractivity (Wildman–Crippen MR) is 428 cm³/mol. The molecule has 8 N–H and O–H groups in total. The molecular weight excluding hydrogens is 1520 g/mol. The van der Waals surface area contributed by atoms with Gasteiger partial charge in [-0.05, 0) is 141 Å². The summed E-state index contributed by atoms with van der Waals surface area (Å²) in [4.78, 5) is 125. The summed E-state index contributed by atoms with van der Waals surface area (Å²) >= 11 is 24.4. The highest BCUT2D eigenvalue weighted by molar-refractivity contribution is 6.32. The number of carbonyl (C=O) groups excluding carboxylic acids is 4. The quantitative estimate of drug-likeness (QED) is 0.0373. The van der Waals surface area contributed by atoms with Crippen molar-refractivity contribution in [3.63, 3.8) is 0 Å². The van der Waals surface area contributed by atoms with Gasteiger partial charge in [-0.15, -0.1) is 0 Å². The Kier molecular flexibility index (Phi) is 24.0. The number of pyridine rings is 4. The van der Waals surface area contributed by atoms with Crippen LogP contribution in [0.5, 0.6) is 0 Å². The van der Waals surface area contributed by atoms with Crippen LogP contribution < -0.4 is 40.9 Å². The summed E-state index contributed by atoms with van der Waals surface area (Å²) in [6, 6.07) is 14.5. The Morgan fingerprint density at radius 3 is 0.973 bits per heavy atom. The third-order valence-electron chi connectivity index (χ3n) is 20.8. The van der Waals surface area contributed by atoms with E-state index < -0.39 is 47.7 Å². The fourth-order valence-electron chi connectivity index (χ4n) is 14.9. The van der Waals surface area contributed by atoms with Gasteiger partial charge in [0.25, 0.3) is 6.43 Å². The van der Waals surface area contributed by atoms with Crippen LogP contribution in [0.25, 0.3) is 89.7 Å². The molecule has 16 heterocycles. The van der Waals surface area contributed by atoms with Crippen LogP contribution in [0.1, 0.15) is 99.3 Å². The van der Waals surface area contributed by atoms with Crippen LogP contribution in [-0.2, 0) is 19.2 Å². The van der Waals surface area contributed by atoms with Crippen LogP contribution >= 0.6 is 46.4 Å². The number of alkyl halides is 3. The molecule has 0 aromatic carbocycles. The second-order valence-electron chi connectivity index (χ2n) is 28.2. The summed E-state index contributed by atoms with van der Waals surface area (Å²) in [5.41, 5.74) is 3.09. The first-order valence-corrected chi connectivity index (χ1v) is 38.4. The average molecular weight is 1610 g/mol. The van der Waals surface area contributed by atoms with Crippen molar-refractivity contribution in [2.24, 2.45) is 0 Å². The Morgan fingerprint density at radius 2 is 0.705 bits per heavy atom. The van der Waals surface area contributed by atoms with Gasteiger partial charge in [0.15, 0.2) is 23.3 Å². The smallest absolute Gasteiger partial charge is 0.255 e. The minimum absolute atomic E-state index is 0.0143. The molecule has 4 aliphatic heterocycles. The van der Waals surface area contributed by atoms with Crippen LogP contribution in [0.3, 0.4) is 0 Å². The first-order chi connectivity index (χ1) is 54.0. The number of aromatic amines is 4. The Balaban J connectivity index is 0.000000131. The number of anilines is 4. The van der Waals surface area contributed by atoms with E-state index in [1.807, 2.05) is 87.1 Å². The summed E-state index contributed by atoms with van der Waals surface area (Å²) in [6.07, 6.45) is 24.9. The van der Waals surface area contributed by atoms with Gasteiger partial charge in [-0.3, -0.25) is 19.2 Å². The highest BCUT2D eigenvalue weighted by Crippen LogP contribution is 2.41. The number of hydrogen-bond donors (Lipinski definition) is 8. The van der Waals surface area contributed by atoms with E-state index in [1.165, 1.54) is 0 Å². The molecule has 4 amide bonds. The Labute approximate surface area is 662 Å². The van der Waals surface area contributed by atoms with Gasteiger partial charge in [-0.1, -0.05) is 53.3 Å². The van der Waals surface area contributed by atoms with Gasteiger partial charge >= 0.3 is 0 Å². The van der Waals surface area contributed by atoms with Crippen molar-refractivity contribution in [2.45, 2.75) is 128 Å². The third-order valence-corrected chi connectivity index (χ3v) is 21.6. The normalized spacial score (nSPS) is 19.4. The van der Waals surface area contributed by atoms with Crippen molar-refractivity contribution in [3.8, 4) is 45.6 Å². The number of nitrogens with zero attached hydrogens (tertiary/aromatic N) is 16. The molecule has 0 bridgehead atoms. The standard InChI is InChI=1S/C20H23ClN6O.C19H19ClF2N6O.C19H20ClFN6O.C19H21ClN6O/c1-3-7-23-19(28)20(2)6-4-9-27(20)16-5-8-22-18(26-16)15-12-25-17-14(15)10-13(21)11-24-17;1-19(18(29)26-10-14(21)22)4-2-6-28(19)15-3-5-23-17(27-15)13-9-25-16-12(13)7-11(20)8-24-16;1-19(18(28)23-7-5-21)4-2-8-27(19)15-3-6-22-17(26-15)14-11-25-16-13(14)9-12(20)10-24-16;1-3-21-18(27)19(2)6-4-8-26(19)15-5-7-22-17(25-15)14-11-24-16-13(14)9-12(20)10-23-16/h5,8,10-12H,3-4,6-7,9H2,1-2H3,(H,23,28)(H,24,25);3,5,7-9,14H,2,4,6,10H2,1H3,(H,24,25)(H,26,29);3,6,9-11H,2,4-5,7-8H2,1H3,(H,23,28)(H,24,25);5,7,9-11H,3-4,6,8H2,1-2H3,(H,21,27)(H,23,24)/t20-;3*19-/m1111/s1. The van der Waals surface area contributed by atoms with Crippen molar-refractivity contribution < 1.29 is 32.3 Å². The molecule has 0 unspecified atom stereocenters. The molecule has 4 fully saturated rings. The van der Waals surface area contributed by atoms with Crippen molar-refractivity contribution in [3.05, 3.63) is 143 Å². The van der Waals surface area contributed by atoms with Gasteiger partial charge < -0.3 is 60.8 Å². The summed E-state index contributed by atoms with van der Waals surface area (Å²) in [7, 11) is 0. The van der Waals surface area contributed by atoms with Crippen LogP contribution in [0, 0.1) is 0 Å². The predicted octanol–water partition coefficient (Wildman–Crippen LogP) is 13.3. The van der Waals surface area contributed by atoms with Crippen molar-refractivity contribution in [2.75, 3.05) is 78.6 Å². The fraction of sp³-hybridized carbons (Fsp3) is 0.377. The summed E-state index contributed by atoms with van der Waals surface area (Å²) < 4.78 is 37.5. The maximum atomic E-state index is 12.8. The van der Waals surface area contributed by atoms with Crippen LogP contribution in [0.4, 0.5) is 36.4 Å². The second-order valence-corrected chi connectivity index (χ2v) is 30.0. The number of halogens is 7. The molecule has 584 valence electrons. The molecule has 0 radical (unpaired) electrons. The van der Waals surface area contributed by atoms with E-state index >= 15 is 0 Å². The van der Waals surface area contributed by atoms with E-state index in [2.05, 4.69) is 95.9 Å². The third kappa shape index (κ3) is 16.4. The number of nitrogens with one attached hydrogen (secondary N) is 8. The molecule has 0 saturated carbocycles. The fourth-order valence-corrected chi connectivity index (χ4v) is 15.6. The van der Waals surface area contributed by atoms with Crippen LogP contribution in [0.2, 0.25) is 20.1 Å². The lowest BCUT2D eigenvalue weighted by Gasteiger charge is -2.34. The van der Waals surface area contributed by atoms with E-state index in [9.17, 15) is 32.3 Å². The summed E-state index contributed by atoms with van der Waals surface area (Å²) in [5.74, 6) is 4.31. The maximum Gasteiger partial charge on any atom is 0.255 e. The topological polar surface area (TPSA) is 347 Å². The number of likely N-dealkylation sites (N-methyl/N-ethyl adjacent to an activating group) is 1. The maximum absolute atomic E-state index is 12.8. The molecule has 28 nitrogen and oxygen atoms in total. The molecular formula is C77H83Cl4F3N24O4. The van der Waals surface area contributed by atoms with E-state index in [-0.39, 0.29) is 24.3 Å². The van der Waals surface area contributed by atoms with Crippen LogP contribution in [-0.4, -0.2) is 191 Å². The first-order valence-electron chi connectivity index (χ1n) is 36.9. The van der Waals surface area contributed by atoms with Gasteiger partial charge in [-0.25, -0.2) is 73.0 Å². The van der Waals surface area contributed by atoms with Gasteiger partial charge in [0, 0.05) is 164 Å². The molecule has 12 aromatic heterocycles. The molecule has 0 spiro atoms. The largest absolute Gasteiger partial charge is 0.354 e. The number of carbonyl (C=O) groups is 4. The zero-order valence-electron chi connectivity index (χ0n) is 62.3. The monoisotopic (exact) mass is 1600 g/mol. The molecule has 0 aliphatic carbocycles. The van der Waals surface area contributed by atoms with Gasteiger partial charge in [0.2, 0.25) is 23.6 Å². The number of fused-ring (bicyclic) bond motifs is 4. The minimum Gasteiger partial charge on any atom is -0.354 e. The summed E-state index contributed by atoms with van der Waals surface area (Å²) in [6.45, 7) is 14.5. The minimum atomic E-state index is -2.59. The summed E-state index contributed by atoms with van der Waals surface area (Å²) in [5, 5.41) is 16.5. The Bertz CT molecular complexity index is 5260. The van der Waals surface area contributed by atoms with Gasteiger partial charge in [0.05, 0.1) is 26.6 Å². The molecule has 4 saturated heterocycles. The molecule has 4 atom stereocenters. The average Bonchev–Trinajstić information content (AvgIpc) is 1.62. The van der Waals surface area contributed by atoms with Crippen molar-refractivity contribution >= 4 is 137 Å². The highest BCUT2D eigenvalue weighted by Gasteiger charge is 2.48. The number of rotatable bonds is 19. The molecule has 12 aromatic rings. The lowest BCUT2D eigenvalue weighted by molar-refractivity contribution is -0.126. The Morgan fingerprint density at radius 1 is 0.429 bits per heavy atom. The zero-order valence-corrected chi connectivity index (χ0v) is 65.3. The van der Waals surface area contributed by atoms with Crippen LogP contribution in [0.15, 0.2) is 123 Å². The first kappa shape index (κ1) is 79.2. The van der Waals surface area contributed by atoms with E-state index in [1.54, 1.807) is 87.1 Å². The lowest BCUT2D eigenvalue weighted by Crippen LogP contribution is -2.54. The number of aromatic nitrogens is 16. The second kappa shape index (κ2) is 34.0. The van der Waals surface area contributed by atoms with Gasteiger partial charge in [0.1, 0.15) is 74.7 Å². The number of hydrogen-bond acceptors (Lipinski definition) is 20. The Hall–Kier alpha value is -10.9. The number of amides is 4. The molecule has 35 heteroatoms. The highest BCUT2D eigenvalue weighted by atomic mass is 35.5.